The first-order valence-electron chi connectivity index (χ1n) is 5.74. The topological polar surface area (TPSA) is 53.7 Å². The van der Waals surface area contributed by atoms with Crippen molar-refractivity contribution in [3.05, 3.63) is 0 Å². The zero-order valence-corrected chi connectivity index (χ0v) is 9.67. The molecule has 1 rings (SSSR count). The second-order valence-corrected chi connectivity index (χ2v) is 4.03. The van der Waals surface area contributed by atoms with Gasteiger partial charge in [0.15, 0.2) is 0 Å². The van der Waals surface area contributed by atoms with Crippen molar-refractivity contribution in [1.29, 1.82) is 0 Å². The van der Waals surface area contributed by atoms with E-state index in [0.29, 0.717) is 33.0 Å². The molecule has 0 atom stereocenters. The number of nitrogens with two attached hydrogens (primary N) is 1. The molecule has 4 heteroatoms. The van der Waals surface area contributed by atoms with Crippen molar-refractivity contribution in [3.63, 3.8) is 0 Å². The van der Waals surface area contributed by atoms with Gasteiger partial charge in [-0.15, -0.1) is 0 Å². The molecule has 0 aromatic carbocycles. The molecule has 0 aromatic rings. The maximum Gasteiger partial charge on any atom is 0.0708 e. The minimum absolute atomic E-state index is 0.0827. The monoisotopic (exact) mass is 217 g/mol. The summed E-state index contributed by atoms with van der Waals surface area (Å²) in [6.07, 6.45) is 4.56. The fraction of sp³-hybridized carbons (Fsp3) is 1.00. The third-order valence-electron chi connectivity index (χ3n) is 2.93. The van der Waals surface area contributed by atoms with E-state index in [1.165, 1.54) is 6.42 Å². The summed E-state index contributed by atoms with van der Waals surface area (Å²) in [5.74, 6) is 0. The van der Waals surface area contributed by atoms with Crippen molar-refractivity contribution in [1.82, 2.24) is 0 Å². The number of hydrogen-bond donors (Lipinski definition) is 1. The summed E-state index contributed by atoms with van der Waals surface area (Å²) in [4.78, 5) is 0. The first-order chi connectivity index (χ1) is 7.33. The number of hydrogen-bond acceptors (Lipinski definition) is 4. The minimum atomic E-state index is 0.0827. The normalized spacial score (nSPS) is 18.8. The molecule has 0 saturated heterocycles. The van der Waals surface area contributed by atoms with Crippen LogP contribution in [0.25, 0.3) is 0 Å². The molecule has 1 aliphatic carbocycles. The fourth-order valence-electron chi connectivity index (χ4n) is 1.86. The van der Waals surface area contributed by atoms with Gasteiger partial charge in [0.25, 0.3) is 0 Å². The molecule has 0 unspecified atom stereocenters. The van der Waals surface area contributed by atoms with Crippen molar-refractivity contribution in [2.45, 2.75) is 31.3 Å². The molecular formula is C11H23NO3. The molecule has 90 valence electrons. The highest BCUT2D eigenvalue weighted by Crippen LogP contribution is 2.37. The number of ether oxygens (including phenoxy) is 3. The molecule has 1 fully saturated rings. The van der Waals surface area contributed by atoms with E-state index in [0.717, 1.165) is 19.3 Å². The Balaban J connectivity index is 1.98. The lowest BCUT2D eigenvalue weighted by molar-refractivity contribution is -0.118. The average molecular weight is 217 g/mol. The predicted molar refractivity (Wildman–Crippen MR) is 58.9 cm³/mol. The van der Waals surface area contributed by atoms with Crippen LogP contribution in [0.4, 0.5) is 0 Å². The van der Waals surface area contributed by atoms with E-state index in [2.05, 4.69) is 0 Å². The summed E-state index contributed by atoms with van der Waals surface area (Å²) < 4.78 is 16.1. The van der Waals surface area contributed by atoms with E-state index >= 15 is 0 Å². The maximum absolute atomic E-state index is 5.84. The van der Waals surface area contributed by atoms with E-state index in [9.17, 15) is 0 Å². The molecule has 15 heavy (non-hydrogen) atoms. The van der Waals surface area contributed by atoms with Crippen LogP contribution >= 0.6 is 0 Å². The van der Waals surface area contributed by atoms with E-state index in [4.69, 9.17) is 19.9 Å². The number of rotatable bonds is 9. The second-order valence-electron chi connectivity index (χ2n) is 4.03. The molecule has 2 N–H and O–H groups in total. The van der Waals surface area contributed by atoms with Crippen LogP contribution in [0.2, 0.25) is 0 Å². The van der Waals surface area contributed by atoms with Crippen LogP contribution in [0.5, 0.6) is 0 Å². The van der Waals surface area contributed by atoms with Gasteiger partial charge in [-0.05, 0) is 32.2 Å². The molecule has 0 aromatic heterocycles. The fourth-order valence-corrected chi connectivity index (χ4v) is 1.86. The molecule has 0 bridgehead atoms. The summed E-state index contributed by atoms with van der Waals surface area (Å²) >= 11 is 0. The van der Waals surface area contributed by atoms with Crippen molar-refractivity contribution >= 4 is 0 Å². The Morgan fingerprint density at radius 2 is 1.87 bits per heavy atom. The first-order valence-corrected chi connectivity index (χ1v) is 5.74. The molecule has 1 aliphatic rings. The van der Waals surface area contributed by atoms with Crippen LogP contribution in [-0.4, -0.2) is 45.7 Å². The smallest absolute Gasteiger partial charge is 0.0708 e. The molecule has 0 amide bonds. The standard InChI is InChI=1S/C11H23NO3/c1-13-7-8-14-9-10-15-11(5-6-12)3-2-4-11/h2-10,12H2,1H3. The molecule has 1 saturated carbocycles. The lowest BCUT2D eigenvalue weighted by Gasteiger charge is -2.41. The molecular weight excluding hydrogens is 194 g/mol. The van der Waals surface area contributed by atoms with Crippen LogP contribution in [0.1, 0.15) is 25.7 Å². The van der Waals surface area contributed by atoms with Gasteiger partial charge in [-0.2, -0.15) is 0 Å². The Hall–Kier alpha value is -0.160. The maximum atomic E-state index is 5.84. The summed E-state index contributed by atoms with van der Waals surface area (Å²) in [6, 6.07) is 0. The lowest BCUT2D eigenvalue weighted by atomic mass is 9.77. The van der Waals surface area contributed by atoms with Crippen LogP contribution in [-0.2, 0) is 14.2 Å². The quantitative estimate of drug-likeness (QED) is 0.584. The van der Waals surface area contributed by atoms with Gasteiger partial charge < -0.3 is 19.9 Å². The highest BCUT2D eigenvalue weighted by Gasteiger charge is 2.36. The predicted octanol–water partition coefficient (Wildman–Crippen LogP) is 0.937. The van der Waals surface area contributed by atoms with Crippen molar-refractivity contribution in [2.24, 2.45) is 5.73 Å². The van der Waals surface area contributed by atoms with Gasteiger partial charge >= 0.3 is 0 Å². The highest BCUT2D eigenvalue weighted by atomic mass is 16.5. The molecule has 0 aliphatic heterocycles. The Morgan fingerprint density at radius 1 is 1.13 bits per heavy atom. The third kappa shape index (κ3) is 4.47. The zero-order chi connectivity index (χ0) is 11.0. The summed E-state index contributed by atoms with van der Waals surface area (Å²) in [5.41, 5.74) is 5.65. The van der Waals surface area contributed by atoms with E-state index in [1.807, 2.05) is 0 Å². The van der Waals surface area contributed by atoms with Crippen LogP contribution in [0, 0.1) is 0 Å². The Labute approximate surface area is 92.1 Å². The molecule has 0 spiro atoms. The number of methoxy groups -OCH3 is 1. The highest BCUT2D eigenvalue weighted by molar-refractivity contribution is 4.89. The van der Waals surface area contributed by atoms with E-state index < -0.39 is 0 Å². The second kappa shape index (κ2) is 7.17. The van der Waals surface area contributed by atoms with Gasteiger partial charge in [-0.1, -0.05) is 0 Å². The van der Waals surface area contributed by atoms with E-state index in [1.54, 1.807) is 7.11 Å². The lowest BCUT2D eigenvalue weighted by Crippen LogP contribution is -2.42. The van der Waals surface area contributed by atoms with Crippen molar-refractivity contribution < 1.29 is 14.2 Å². The van der Waals surface area contributed by atoms with Crippen molar-refractivity contribution in [3.8, 4) is 0 Å². The summed E-state index contributed by atoms with van der Waals surface area (Å²) in [7, 11) is 1.67. The SMILES string of the molecule is COCCOCCOC1(CCN)CCC1. The van der Waals surface area contributed by atoms with E-state index in [-0.39, 0.29) is 5.60 Å². The summed E-state index contributed by atoms with van der Waals surface area (Å²) in [6.45, 7) is 3.32. The first kappa shape index (κ1) is 12.9. The Bertz CT molecular complexity index is 160. The van der Waals surface area contributed by atoms with Crippen LogP contribution < -0.4 is 5.73 Å². The molecule has 4 nitrogen and oxygen atoms in total. The van der Waals surface area contributed by atoms with Crippen molar-refractivity contribution in [2.75, 3.05) is 40.1 Å². The summed E-state index contributed by atoms with van der Waals surface area (Å²) in [5, 5.41) is 0. The van der Waals surface area contributed by atoms with Gasteiger partial charge in [-0.25, -0.2) is 0 Å². The molecule has 0 heterocycles. The third-order valence-corrected chi connectivity index (χ3v) is 2.93. The zero-order valence-electron chi connectivity index (χ0n) is 9.67. The average Bonchev–Trinajstić information content (AvgIpc) is 2.19. The van der Waals surface area contributed by atoms with Crippen LogP contribution in [0.15, 0.2) is 0 Å². The van der Waals surface area contributed by atoms with Gasteiger partial charge in [0.1, 0.15) is 0 Å². The van der Waals surface area contributed by atoms with Gasteiger partial charge in [0.2, 0.25) is 0 Å². The van der Waals surface area contributed by atoms with Gasteiger partial charge in [-0.3, -0.25) is 0 Å². The van der Waals surface area contributed by atoms with Gasteiger partial charge in [0.05, 0.1) is 32.0 Å². The largest absolute Gasteiger partial charge is 0.382 e. The van der Waals surface area contributed by atoms with Crippen LogP contribution in [0.3, 0.4) is 0 Å². The Morgan fingerprint density at radius 3 is 2.40 bits per heavy atom. The van der Waals surface area contributed by atoms with Gasteiger partial charge in [0, 0.05) is 7.11 Å². The molecule has 0 radical (unpaired) electrons. The Kier molecular flexibility index (Phi) is 6.17. The minimum Gasteiger partial charge on any atom is -0.382 e.